The lowest BCUT2D eigenvalue weighted by Crippen LogP contribution is -2.20. The van der Waals surface area contributed by atoms with E-state index in [1.807, 2.05) is 0 Å². The Balaban J connectivity index is 1.37. The SMILES string of the molecule is Cc1nn(CC(=O)Nc2ccn(Cc3c(Cl)cccc3Cl)n2)c2nc(C3CC3)cc(C(F)(F)F)c12. The Morgan fingerprint density at radius 3 is 2.54 bits per heavy atom. The number of carbonyl (C=O) groups is 1. The minimum Gasteiger partial charge on any atom is -0.308 e. The number of hydrogen-bond acceptors (Lipinski definition) is 4. The minimum atomic E-state index is -4.55. The van der Waals surface area contributed by atoms with E-state index in [0.29, 0.717) is 27.8 Å². The standard InChI is InChI=1S/C23H19Cl2F3N6O/c1-12-21-15(23(26,27)28)9-18(13-5-6-13)29-22(21)34(31-12)11-20(35)30-19-7-8-33(32-19)10-14-16(24)3-2-4-17(14)25/h2-4,7-9,13H,5-6,10-11H2,1H3,(H,30,32,35). The molecular formula is C23H19Cl2F3N6O. The molecule has 1 N–H and O–H groups in total. The van der Waals surface area contributed by atoms with Gasteiger partial charge in [0, 0.05) is 39.5 Å². The monoisotopic (exact) mass is 522 g/mol. The first kappa shape index (κ1) is 23.6. The fourth-order valence-corrected chi connectivity index (χ4v) is 4.49. The molecule has 1 aliphatic carbocycles. The Bertz CT molecular complexity index is 1420. The molecule has 3 heterocycles. The third kappa shape index (κ3) is 4.85. The molecule has 0 aliphatic heterocycles. The summed E-state index contributed by atoms with van der Waals surface area (Å²) < 4.78 is 44.0. The van der Waals surface area contributed by atoms with E-state index in [9.17, 15) is 18.0 Å². The van der Waals surface area contributed by atoms with Gasteiger partial charge in [-0.25, -0.2) is 9.67 Å². The van der Waals surface area contributed by atoms with E-state index < -0.39 is 17.6 Å². The van der Waals surface area contributed by atoms with Crippen molar-refractivity contribution in [2.24, 2.45) is 0 Å². The number of pyridine rings is 1. The average molecular weight is 523 g/mol. The fraction of sp³-hybridized carbons (Fsp3) is 0.304. The summed E-state index contributed by atoms with van der Waals surface area (Å²) in [5.41, 5.74) is 0.506. The second kappa shape index (κ2) is 8.83. The Morgan fingerprint density at radius 2 is 1.89 bits per heavy atom. The van der Waals surface area contributed by atoms with E-state index in [1.165, 1.54) is 11.6 Å². The second-order valence-electron chi connectivity index (χ2n) is 8.46. The zero-order valence-electron chi connectivity index (χ0n) is 18.4. The first-order valence-corrected chi connectivity index (χ1v) is 11.6. The van der Waals surface area contributed by atoms with Crippen LogP contribution in [0.5, 0.6) is 0 Å². The molecule has 1 aliphatic rings. The van der Waals surface area contributed by atoms with E-state index in [4.69, 9.17) is 23.2 Å². The highest BCUT2D eigenvalue weighted by atomic mass is 35.5. The van der Waals surface area contributed by atoms with Crippen LogP contribution in [-0.4, -0.2) is 30.5 Å². The van der Waals surface area contributed by atoms with Crippen molar-refractivity contribution in [1.29, 1.82) is 0 Å². The number of nitrogens with one attached hydrogen (secondary N) is 1. The molecule has 5 rings (SSSR count). The van der Waals surface area contributed by atoms with Crippen LogP contribution in [0.4, 0.5) is 19.0 Å². The maximum absolute atomic E-state index is 13.8. The Morgan fingerprint density at radius 1 is 1.17 bits per heavy atom. The van der Waals surface area contributed by atoms with Crippen molar-refractivity contribution in [3.63, 3.8) is 0 Å². The van der Waals surface area contributed by atoms with Crippen molar-refractivity contribution in [1.82, 2.24) is 24.5 Å². The van der Waals surface area contributed by atoms with Gasteiger partial charge in [0.25, 0.3) is 0 Å². The number of anilines is 1. The molecule has 35 heavy (non-hydrogen) atoms. The molecule has 3 aromatic heterocycles. The summed E-state index contributed by atoms with van der Waals surface area (Å²) in [6.07, 6.45) is -1.30. The predicted molar refractivity (Wildman–Crippen MR) is 126 cm³/mol. The van der Waals surface area contributed by atoms with Crippen molar-refractivity contribution in [2.45, 2.75) is 44.9 Å². The predicted octanol–water partition coefficient (Wildman–Crippen LogP) is 5.83. The average Bonchev–Trinajstić information content (AvgIpc) is 3.47. The summed E-state index contributed by atoms with van der Waals surface area (Å²) in [5, 5.41) is 12.0. The maximum atomic E-state index is 13.8. The lowest BCUT2D eigenvalue weighted by Gasteiger charge is -2.11. The van der Waals surface area contributed by atoms with E-state index in [1.54, 1.807) is 35.1 Å². The van der Waals surface area contributed by atoms with Crippen molar-refractivity contribution >= 4 is 46.0 Å². The summed E-state index contributed by atoms with van der Waals surface area (Å²) in [5.74, 6) is -0.217. The lowest BCUT2D eigenvalue weighted by atomic mass is 10.1. The summed E-state index contributed by atoms with van der Waals surface area (Å²) in [7, 11) is 0. The van der Waals surface area contributed by atoms with E-state index in [0.717, 1.165) is 18.9 Å². The number of fused-ring (bicyclic) bond motifs is 1. The van der Waals surface area contributed by atoms with Crippen LogP contribution in [-0.2, 0) is 24.1 Å². The number of hydrogen-bond donors (Lipinski definition) is 1. The first-order valence-electron chi connectivity index (χ1n) is 10.8. The molecule has 182 valence electrons. The van der Waals surface area contributed by atoms with Crippen molar-refractivity contribution < 1.29 is 18.0 Å². The highest BCUT2D eigenvalue weighted by molar-refractivity contribution is 6.35. The quantitative estimate of drug-likeness (QED) is 0.345. The molecule has 0 unspecified atom stereocenters. The van der Waals surface area contributed by atoms with Crippen LogP contribution in [0.2, 0.25) is 10.0 Å². The Labute approximate surface area is 207 Å². The topological polar surface area (TPSA) is 77.6 Å². The van der Waals surface area contributed by atoms with Crippen LogP contribution < -0.4 is 5.32 Å². The molecule has 0 spiro atoms. The molecule has 12 heteroatoms. The van der Waals surface area contributed by atoms with Gasteiger partial charge in [-0.15, -0.1) is 0 Å². The molecule has 0 radical (unpaired) electrons. The van der Waals surface area contributed by atoms with Gasteiger partial charge in [-0.2, -0.15) is 23.4 Å². The van der Waals surface area contributed by atoms with Crippen LogP contribution in [0, 0.1) is 6.92 Å². The molecule has 4 aromatic rings. The number of alkyl halides is 3. The second-order valence-corrected chi connectivity index (χ2v) is 9.27. The van der Waals surface area contributed by atoms with Crippen LogP contribution in [0.3, 0.4) is 0 Å². The summed E-state index contributed by atoms with van der Waals surface area (Å²) in [4.78, 5) is 17.1. The number of nitrogens with zero attached hydrogens (tertiary/aromatic N) is 5. The van der Waals surface area contributed by atoms with Gasteiger partial charge >= 0.3 is 6.18 Å². The Kier molecular flexibility index (Phi) is 5.96. The largest absolute Gasteiger partial charge is 0.417 e. The zero-order chi connectivity index (χ0) is 24.9. The number of rotatable bonds is 6. The van der Waals surface area contributed by atoms with Crippen LogP contribution in [0.1, 0.15) is 41.3 Å². The molecule has 1 amide bonds. The smallest absolute Gasteiger partial charge is 0.308 e. The van der Waals surface area contributed by atoms with Crippen LogP contribution in [0.15, 0.2) is 36.5 Å². The van der Waals surface area contributed by atoms with E-state index in [2.05, 4.69) is 20.5 Å². The normalized spacial score (nSPS) is 14.0. The zero-order valence-corrected chi connectivity index (χ0v) is 19.9. The number of aromatic nitrogens is 5. The molecule has 0 atom stereocenters. The van der Waals surface area contributed by atoms with Gasteiger partial charge in [0.2, 0.25) is 5.91 Å². The molecule has 0 saturated heterocycles. The number of carbonyl (C=O) groups excluding carboxylic acids is 1. The molecule has 7 nitrogen and oxygen atoms in total. The van der Waals surface area contributed by atoms with Gasteiger partial charge in [0.15, 0.2) is 11.5 Å². The van der Waals surface area contributed by atoms with Crippen molar-refractivity contribution in [3.8, 4) is 0 Å². The molecule has 1 aromatic carbocycles. The molecule has 0 bridgehead atoms. The number of aryl methyl sites for hydroxylation is 1. The summed E-state index contributed by atoms with van der Waals surface area (Å²) >= 11 is 12.4. The van der Waals surface area contributed by atoms with Crippen molar-refractivity contribution in [2.75, 3.05) is 5.32 Å². The van der Waals surface area contributed by atoms with Gasteiger partial charge in [0.1, 0.15) is 6.54 Å². The first-order chi connectivity index (χ1) is 16.6. The third-order valence-electron chi connectivity index (χ3n) is 5.78. The van der Waals surface area contributed by atoms with Gasteiger partial charge in [-0.1, -0.05) is 29.3 Å². The van der Waals surface area contributed by atoms with E-state index >= 15 is 0 Å². The van der Waals surface area contributed by atoms with E-state index in [-0.39, 0.29) is 35.0 Å². The van der Waals surface area contributed by atoms with Crippen molar-refractivity contribution in [3.05, 3.63) is 69.1 Å². The number of benzene rings is 1. The van der Waals surface area contributed by atoms with Crippen LogP contribution >= 0.6 is 23.2 Å². The molecular weight excluding hydrogens is 504 g/mol. The van der Waals surface area contributed by atoms with Gasteiger partial charge in [-0.3, -0.25) is 9.48 Å². The third-order valence-corrected chi connectivity index (χ3v) is 6.49. The van der Waals surface area contributed by atoms with Gasteiger partial charge in [-0.05, 0) is 38.0 Å². The van der Waals surface area contributed by atoms with Gasteiger partial charge < -0.3 is 5.32 Å². The highest BCUT2D eigenvalue weighted by Gasteiger charge is 2.37. The number of halogens is 5. The minimum absolute atomic E-state index is 0.00793. The summed E-state index contributed by atoms with van der Waals surface area (Å²) in [6, 6.07) is 7.89. The van der Waals surface area contributed by atoms with Gasteiger partial charge in [0.05, 0.1) is 23.2 Å². The lowest BCUT2D eigenvalue weighted by molar-refractivity contribution is -0.136. The Hall–Kier alpha value is -3.11. The summed E-state index contributed by atoms with van der Waals surface area (Å²) in [6.45, 7) is 1.46. The maximum Gasteiger partial charge on any atom is 0.417 e. The fourth-order valence-electron chi connectivity index (χ4n) is 3.98. The molecule has 1 saturated carbocycles. The number of amides is 1. The molecule has 1 fully saturated rings. The van der Waals surface area contributed by atoms with Crippen LogP contribution in [0.25, 0.3) is 11.0 Å². The highest BCUT2D eigenvalue weighted by Crippen LogP contribution is 2.43.